The lowest BCUT2D eigenvalue weighted by atomic mass is 10.1. The molecule has 0 saturated heterocycles. The van der Waals surface area contributed by atoms with Gasteiger partial charge in [0.2, 0.25) is 0 Å². The summed E-state index contributed by atoms with van der Waals surface area (Å²) in [5.41, 5.74) is 1.98. The Labute approximate surface area is 111 Å². The molecule has 0 bridgehead atoms. The Balaban J connectivity index is 2.19. The zero-order valence-corrected chi connectivity index (χ0v) is 10.5. The molecule has 0 spiro atoms. The molecule has 94 valence electrons. The lowest BCUT2D eigenvalue weighted by Crippen LogP contribution is -2.28. The number of nitrogens with one attached hydrogen (secondary N) is 1. The van der Waals surface area contributed by atoms with E-state index in [4.69, 9.17) is 5.26 Å². The topological polar surface area (TPSA) is 65.8 Å². The van der Waals surface area contributed by atoms with Crippen LogP contribution >= 0.6 is 0 Å². The maximum absolute atomic E-state index is 12.1. The second-order valence-electron chi connectivity index (χ2n) is 4.11. The van der Waals surface area contributed by atoms with Gasteiger partial charge in [-0.2, -0.15) is 5.26 Å². The van der Waals surface area contributed by atoms with E-state index in [1.54, 1.807) is 36.5 Å². The van der Waals surface area contributed by atoms with Crippen molar-refractivity contribution in [1.82, 2.24) is 10.3 Å². The Morgan fingerprint density at radius 1 is 1.26 bits per heavy atom. The second kappa shape index (κ2) is 5.78. The van der Waals surface area contributed by atoms with Crippen molar-refractivity contribution in [2.45, 2.75) is 13.0 Å². The molecule has 1 aromatic heterocycles. The molecule has 1 heterocycles. The molecule has 2 aromatic rings. The number of aryl methyl sites for hydroxylation is 1. The van der Waals surface area contributed by atoms with Crippen LogP contribution in [0.25, 0.3) is 0 Å². The first-order valence-electron chi connectivity index (χ1n) is 5.89. The number of benzene rings is 1. The molecule has 2 rings (SSSR count). The minimum Gasteiger partial charge on any atom is -0.331 e. The number of pyridine rings is 1. The average molecular weight is 251 g/mol. The van der Waals surface area contributed by atoms with Gasteiger partial charge < -0.3 is 5.32 Å². The van der Waals surface area contributed by atoms with Gasteiger partial charge in [-0.25, -0.2) is 0 Å². The van der Waals surface area contributed by atoms with E-state index in [0.717, 1.165) is 5.56 Å². The summed E-state index contributed by atoms with van der Waals surface area (Å²) in [7, 11) is 0. The third-order valence-electron chi connectivity index (χ3n) is 2.78. The average Bonchev–Trinajstić information content (AvgIpc) is 2.46. The SMILES string of the molecule is Cc1ccccc1C(=O)NC(C#N)c1ccccn1. The summed E-state index contributed by atoms with van der Waals surface area (Å²) in [6.07, 6.45) is 1.60. The van der Waals surface area contributed by atoms with E-state index < -0.39 is 6.04 Å². The highest BCUT2D eigenvalue weighted by Gasteiger charge is 2.16. The van der Waals surface area contributed by atoms with Gasteiger partial charge in [0.05, 0.1) is 11.8 Å². The number of aromatic nitrogens is 1. The zero-order chi connectivity index (χ0) is 13.7. The number of amides is 1. The number of hydrogen-bond acceptors (Lipinski definition) is 3. The zero-order valence-electron chi connectivity index (χ0n) is 10.5. The Bertz CT molecular complexity index is 617. The van der Waals surface area contributed by atoms with E-state index in [1.165, 1.54) is 0 Å². The predicted molar refractivity (Wildman–Crippen MR) is 71.2 cm³/mol. The van der Waals surface area contributed by atoms with Gasteiger partial charge in [0.15, 0.2) is 6.04 Å². The smallest absolute Gasteiger partial charge is 0.252 e. The maximum atomic E-state index is 12.1. The molecular formula is C15H13N3O. The van der Waals surface area contributed by atoms with Gasteiger partial charge in [0, 0.05) is 11.8 Å². The summed E-state index contributed by atoms with van der Waals surface area (Å²) in [6.45, 7) is 1.86. The summed E-state index contributed by atoms with van der Waals surface area (Å²) in [5, 5.41) is 11.8. The minimum absolute atomic E-state index is 0.268. The Kier molecular flexibility index (Phi) is 3.89. The van der Waals surface area contributed by atoms with Gasteiger partial charge in [0.25, 0.3) is 5.91 Å². The number of hydrogen-bond donors (Lipinski definition) is 1. The molecule has 1 N–H and O–H groups in total. The predicted octanol–water partition coefficient (Wildman–Crippen LogP) is 2.38. The van der Waals surface area contributed by atoms with Crippen LogP contribution in [0.5, 0.6) is 0 Å². The van der Waals surface area contributed by atoms with Crippen LogP contribution in [0.2, 0.25) is 0 Å². The van der Waals surface area contributed by atoms with Crippen molar-refractivity contribution < 1.29 is 4.79 Å². The number of rotatable bonds is 3. The first-order chi connectivity index (χ1) is 9.22. The Hall–Kier alpha value is -2.67. The summed E-state index contributed by atoms with van der Waals surface area (Å²) in [4.78, 5) is 16.2. The first kappa shape index (κ1) is 12.8. The van der Waals surface area contributed by atoms with E-state index in [-0.39, 0.29) is 5.91 Å². The van der Waals surface area contributed by atoms with Crippen molar-refractivity contribution >= 4 is 5.91 Å². The highest BCUT2D eigenvalue weighted by molar-refractivity contribution is 5.95. The van der Waals surface area contributed by atoms with Crippen molar-refractivity contribution in [3.63, 3.8) is 0 Å². The maximum Gasteiger partial charge on any atom is 0.252 e. The minimum atomic E-state index is -0.742. The fourth-order valence-electron chi connectivity index (χ4n) is 1.76. The van der Waals surface area contributed by atoms with Gasteiger partial charge in [-0.3, -0.25) is 9.78 Å². The molecule has 0 aliphatic heterocycles. The number of nitriles is 1. The van der Waals surface area contributed by atoms with Gasteiger partial charge in [-0.05, 0) is 30.7 Å². The fraction of sp³-hybridized carbons (Fsp3) is 0.133. The number of carbonyl (C=O) groups is 1. The molecule has 0 aliphatic carbocycles. The van der Waals surface area contributed by atoms with Crippen molar-refractivity contribution in [1.29, 1.82) is 5.26 Å². The van der Waals surface area contributed by atoms with Crippen LogP contribution in [-0.4, -0.2) is 10.9 Å². The van der Waals surface area contributed by atoms with Crippen LogP contribution in [0.1, 0.15) is 27.7 Å². The molecule has 19 heavy (non-hydrogen) atoms. The van der Waals surface area contributed by atoms with Crippen LogP contribution in [0.3, 0.4) is 0 Å². The van der Waals surface area contributed by atoms with Crippen LogP contribution in [0.15, 0.2) is 48.7 Å². The first-order valence-corrected chi connectivity index (χ1v) is 5.89. The van der Waals surface area contributed by atoms with E-state index in [1.807, 2.05) is 25.1 Å². The van der Waals surface area contributed by atoms with Crippen LogP contribution in [0, 0.1) is 18.3 Å². The standard InChI is InChI=1S/C15H13N3O/c1-11-6-2-3-7-12(11)15(19)18-14(10-16)13-8-4-5-9-17-13/h2-9,14H,1H3,(H,18,19). The molecule has 0 aliphatic rings. The highest BCUT2D eigenvalue weighted by atomic mass is 16.1. The van der Waals surface area contributed by atoms with Crippen molar-refractivity contribution in [2.24, 2.45) is 0 Å². The molecular weight excluding hydrogens is 238 g/mol. The van der Waals surface area contributed by atoms with Gasteiger partial charge >= 0.3 is 0 Å². The molecule has 4 heteroatoms. The third-order valence-corrected chi connectivity index (χ3v) is 2.78. The molecule has 4 nitrogen and oxygen atoms in total. The summed E-state index contributed by atoms with van der Waals surface area (Å²) in [5.74, 6) is -0.268. The van der Waals surface area contributed by atoms with Gasteiger partial charge in [-0.15, -0.1) is 0 Å². The summed E-state index contributed by atoms with van der Waals surface area (Å²) in [6, 6.07) is 13.8. The largest absolute Gasteiger partial charge is 0.331 e. The Morgan fingerprint density at radius 2 is 2.00 bits per heavy atom. The van der Waals surface area contributed by atoms with Crippen molar-refractivity contribution in [3.8, 4) is 6.07 Å². The van der Waals surface area contributed by atoms with Crippen molar-refractivity contribution in [3.05, 3.63) is 65.5 Å². The normalized spacial score (nSPS) is 11.4. The number of nitrogens with zero attached hydrogens (tertiary/aromatic N) is 2. The summed E-state index contributed by atoms with van der Waals surface area (Å²) < 4.78 is 0. The molecule has 1 amide bonds. The van der Waals surface area contributed by atoms with Crippen molar-refractivity contribution in [2.75, 3.05) is 0 Å². The highest BCUT2D eigenvalue weighted by Crippen LogP contribution is 2.12. The van der Waals surface area contributed by atoms with Crippen LogP contribution < -0.4 is 5.32 Å². The molecule has 1 aromatic carbocycles. The molecule has 0 fully saturated rings. The molecule has 0 radical (unpaired) electrons. The van der Waals surface area contributed by atoms with E-state index in [2.05, 4.69) is 10.3 Å². The number of carbonyl (C=O) groups excluding carboxylic acids is 1. The lowest BCUT2D eigenvalue weighted by Gasteiger charge is -2.12. The van der Waals surface area contributed by atoms with Crippen LogP contribution in [0.4, 0.5) is 0 Å². The van der Waals surface area contributed by atoms with E-state index in [0.29, 0.717) is 11.3 Å². The van der Waals surface area contributed by atoms with Crippen LogP contribution in [-0.2, 0) is 0 Å². The Morgan fingerprint density at radius 3 is 2.63 bits per heavy atom. The quantitative estimate of drug-likeness (QED) is 0.910. The van der Waals surface area contributed by atoms with E-state index in [9.17, 15) is 4.79 Å². The lowest BCUT2D eigenvalue weighted by molar-refractivity contribution is 0.0944. The van der Waals surface area contributed by atoms with Gasteiger partial charge in [-0.1, -0.05) is 24.3 Å². The van der Waals surface area contributed by atoms with E-state index >= 15 is 0 Å². The monoisotopic (exact) mass is 251 g/mol. The second-order valence-corrected chi connectivity index (χ2v) is 4.11. The molecule has 1 atom stereocenters. The molecule has 1 unspecified atom stereocenters. The summed E-state index contributed by atoms with van der Waals surface area (Å²) >= 11 is 0. The van der Waals surface area contributed by atoms with Gasteiger partial charge in [0.1, 0.15) is 0 Å². The molecule has 0 saturated carbocycles. The third kappa shape index (κ3) is 2.96. The fourth-order valence-corrected chi connectivity index (χ4v) is 1.76.